The molecule has 2 rings (SSSR count). The highest BCUT2D eigenvalue weighted by atomic mass is 32.2. The van der Waals surface area contributed by atoms with Crippen molar-refractivity contribution in [1.82, 2.24) is 0 Å². The summed E-state index contributed by atoms with van der Waals surface area (Å²) in [5, 5.41) is 0. The summed E-state index contributed by atoms with van der Waals surface area (Å²) in [6, 6.07) is 11.6. The molecule has 9 heteroatoms. The van der Waals surface area contributed by atoms with E-state index in [1.807, 2.05) is 0 Å². The van der Waals surface area contributed by atoms with Gasteiger partial charge in [0.25, 0.3) is 0 Å². The Labute approximate surface area is 129 Å². The standard InChI is InChI=1S/C14H9F3O5S/c15-14(16,17)23(19,20)22-13-7-6-12(8-10(13)9-18)21-11-4-2-1-3-5-11/h1-9H. The molecule has 0 fully saturated rings. The van der Waals surface area contributed by atoms with E-state index >= 15 is 0 Å². The molecule has 5 nitrogen and oxygen atoms in total. The Morgan fingerprint density at radius 1 is 0.957 bits per heavy atom. The highest BCUT2D eigenvalue weighted by Crippen LogP contribution is 2.31. The number of halogens is 3. The zero-order chi connectivity index (χ0) is 17.1. The zero-order valence-electron chi connectivity index (χ0n) is 11.3. The number of rotatable bonds is 5. The first-order valence-corrected chi connectivity index (χ1v) is 7.46. The molecule has 0 unspecified atom stereocenters. The van der Waals surface area contributed by atoms with Crippen molar-refractivity contribution in [2.24, 2.45) is 0 Å². The average Bonchev–Trinajstić information content (AvgIpc) is 2.48. The summed E-state index contributed by atoms with van der Waals surface area (Å²) in [6.07, 6.45) is 0.166. The smallest absolute Gasteiger partial charge is 0.457 e. The van der Waals surface area contributed by atoms with Gasteiger partial charge in [-0.1, -0.05) is 18.2 Å². The zero-order valence-corrected chi connectivity index (χ0v) is 12.1. The van der Waals surface area contributed by atoms with Gasteiger partial charge >= 0.3 is 15.6 Å². The Bertz CT molecular complexity index is 801. The van der Waals surface area contributed by atoms with E-state index in [1.54, 1.807) is 30.3 Å². The molecule has 0 heterocycles. The molecule has 0 saturated heterocycles. The van der Waals surface area contributed by atoms with E-state index in [0.717, 1.165) is 12.1 Å². The molecule has 0 N–H and O–H groups in total. The van der Waals surface area contributed by atoms with Crippen LogP contribution in [0.1, 0.15) is 10.4 Å². The number of carbonyl (C=O) groups excluding carboxylic acids is 1. The van der Waals surface area contributed by atoms with Crippen LogP contribution < -0.4 is 8.92 Å². The number of carbonyl (C=O) groups is 1. The molecule has 0 aromatic heterocycles. The van der Waals surface area contributed by atoms with Crippen LogP contribution in [0.2, 0.25) is 0 Å². The number of aldehydes is 1. The predicted molar refractivity (Wildman–Crippen MR) is 73.9 cm³/mol. The van der Waals surface area contributed by atoms with E-state index in [-0.39, 0.29) is 12.0 Å². The minimum absolute atomic E-state index is 0.134. The average molecular weight is 346 g/mol. The van der Waals surface area contributed by atoms with Crippen LogP contribution >= 0.6 is 0 Å². The highest BCUT2D eigenvalue weighted by Gasteiger charge is 2.48. The second-order valence-corrected chi connectivity index (χ2v) is 5.75. The Morgan fingerprint density at radius 3 is 2.17 bits per heavy atom. The van der Waals surface area contributed by atoms with Crippen LogP contribution in [0.4, 0.5) is 13.2 Å². The second kappa shape index (κ2) is 6.29. The molecule has 23 heavy (non-hydrogen) atoms. The summed E-state index contributed by atoms with van der Waals surface area (Å²) in [7, 11) is -5.85. The third kappa shape index (κ3) is 4.01. The summed E-state index contributed by atoms with van der Waals surface area (Å²) >= 11 is 0. The summed E-state index contributed by atoms with van der Waals surface area (Å²) in [5.41, 5.74) is -5.99. The number of benzene rings is 2. The molecule has 0 radical (unpaired) electrons. The van der Waals surface area contributed by atoms with Gasteiger partial charge in [-0.15, -0.1) is 0 Å². The maximum atomic E-state index is 12.3. The lowest BCUT2D eigenvalue weighted by molar-refractivity contribution is -0.0500. The quantitative estimate of drug-likeness (QED) is 0.471. The van der Waals surface area contributed by atoms with Crippen molar-refractivity contribution < 1.29 is 35.3 Å². The van der Waals surface area contributed by atoms with Crippen LogP contribution in [0.25, 0.3) is 0 Å². The molecule has 0 saturated carbocycles. The van der Waals surface area contributed by atoms with Gasteiger partial charge in [0.05, 0.1) is 5.56 Å². The number of para-hydroxylation sites is 1. The molecule has 2 aromatic carbocycles. The molecular formula is C14H9F3O5S. The lowest BCUT2D eigenvalue weighted by atomic mass is 10.2. The van der Waals surface area contributed by atoms with Crippen LogP contribution in [-0.4, -0.2) is 20.2 Å². The highest BCUT2D eigenvalue weighted by molar-refractivity contribution is 7.88. The van der Waals surface area contributed by atoms with E-state index in [0.29, 0.717) is 5.75 Å². The fourth-order valence-corrected chi connectivity index (χ4v) is 2.03. The Hall–Kier alpha value is -2.55. The van der Waals surface area contributed by atoms with E-state index < -0.39 is 26.9 Å². The minimum atomic E-state index is -5.85. The van der Waals surface area contributed by atoms with Crippen molar-refractivity contribution in [2.45, 2.75) is 5.51 Å². The van der Waals surface area contributed by atoms with Gasteiger partial charge in [0.15, 0.2) is 12.0 Å². The molecule has 0 atom stereocenters. The lowest BCUT2D eigenvalue weighted by Gasteiger charge is -2.12. The lowest BCUT2D eigenvalue weighted by Crippen LogP contribution is -2.28. The molecule has 0 aliphatic carbocycles. The summed E-state index contributed by atoms with van der Waals surface area (Å²) in [6.45, 7) is 0. The van der Waals surface area contributed by atoms with Crippen molar-refractivity contribution in [3.05, 3.63) is 54.1 Å². The van der Waals surface area contributed by atoms with Crippen LogP contribution in [0.15, 0.2) is 48.5 Å². The molecule has 0 bridgehead atoms. The van der Waals surface area contributed by atoms with Gasteiger partial charge in [-0.2, -0.15) is 21.6 Å². The monoisotopic (exact) mass is 346 g/mol. The maximum absolute atomic E-state index is 12.3. The Balaban J connectivity index is 2.29. The molecule has 0 aliphatic heterocycles. The summed E-state index contributed by atoms with van der Waals surface area (Å²) in [5.74, 6) is -0.172. The third-order valence-corrected chi connectivity index (χ3v) is 3.54. The molecule has 122 valence electrons. The van der Waals surface area contributed by atoms with E-state index in [9.17, 15) is 26.4 Å². The van der Waals surface area contributed by atoms with Gasteiger partial charge in [-0.3, -0.25) is 4.79 Å². The largest absolute Gasteiger partial charge is 0.534 e. The molecular weight excluding hydrogens is 337 g/mol. The van der Waals surface area contributed by atoms with Crippen LogP contribution in [0.5, 0.6) is 17.2 Å². The molecule has 0 amide bonds. The topological polar surface area (TPSA) is 69.7 Å². The van der Waals surface area contributed by atoms with E-state index in [1.165, 1.54) is 6.07 Å². The first-order chi connectivity index (χ1) is 10.7. The van der Waals surface area contributed by atoms with Crippen molar-refractivity contribution >= 4 is 16.4 Å². The second-order valence-electron chi connectivity index (χ2n) is 4.22. The van der Waals surface area contributed by atoms with Crippen molar-refractivity contribution in [3.63, 3.8) is 0 Å². The summed E-state index contributed by atoms with van der Waals surface area (Å²) in [4.78, 5) is 11.0. The minimum Gasteiger partial charge on any atom is -0.457 e. The summed E-state index contributed by atoms with van der Waals surface area (Å²) < 4.78 is 68.2. The van der Waals surface area contributed by atoms with Crippen LogP contribution in [0.3, 0.4) is 0 Å². The molecule has 2 aromatic rings. The van der Waals surface area contributed by atoms with Gasteiger partial charge in [-0.05, 0) is 30.3 Å². The van der Waals surface area contributed by atoms with Gasteiger partial charge in [0, 0.05) is 0 Å². The van der Waals surface area contributed by atoms with Gasteiger partial charge < -0.3 is 8.92 Å². The first-order valence-electron chi connectivity index (χ1n) is 6.06. The SMILES string of the molecule is O=Cc1cc(Oc2ccccc2)ccc1OS(=O)(=O)C(F)(F)F. The molecule has 0 spiro atoms. The van der Waals surface area contributed by atoms with Crippen molar-refractivity contribution in [3.8, 4) is 17.2 Å². The molecule has 0 aliphatic rings. The Morgan fingerprint density at radius 2 is 1.61 bits per heavy atom. The van der Waals surface area contributed by atoms with Gasteiger partial charge in [-0.25, -0.2) is 0 Å². The van der Waals surface area contributed by atoms with Crippen molar-refractivity contribution in [2.75, 3.05) is 0 Å². The number of hydrogen-bond donors (Lipinski definition) is 0. The predicted octanol–water partition coefficient (Wildman–Crippen LogP) is 3.52. The van der Waals surface area contributed by atoms with Gasteiger partial charge in [0.2, 0.25) is 0 Å². The fourth-order valence-electron chi connectivity index (χ4n) is 1.55. The first kappa shape index (κ1) is 16.8. The third-order valence-electron chi connectivity index (χ3n) is 2.57. The van der Waals surface area contributed by atoms with E-state index in [2.05, 4.69) is 4.18 Å². The number of alkyl halides is 3. The Kier molecular flexibility index (Phi) is 4.60. The number of hydrogen-bond acceptors (Lipinski definition) is 5. The number of ether oxygens (including phenoxy) is 1. The maximum Gasteiger partial charge on any atom is 0.534 e. The van der Waals surface area contributed by atoms with Crippen LogP contribution in [-0.2, 0) is 10.1 Å². The van der Waals surface area contributed by atoms with Crippen molar-refractivity contribution in [1.29, 1.82) is 0 Å². The fraction of sp³-hybridized carbons (Fsp3) is 0.0714. The normalized spacial score (nSPS) is 11.8. The van der Waals surface area contributed by atoms with Crippen LogP contribution in [0, 0.1) is 0 Å². The van der Waals surface area contributed by atoms with Gasteiger partial charge in [0.1, 0.15) is 11.5 Å². The van der Waals surface area contributed by atoms with E-state index in [4.69, 9.17) is 4.74 Å².